The molecular formula is HFN18. The van der Waals surface area contributed by atoms with E-state index < -0.39 is 0 Å². The van der Waals surface area contributed by atoms with E-state index in [-0.39, 0.29) is 0 Å². The second-order valence-corrected chi connectivity index (χ2v) is 1.52. The summed E-state index contributed by atoms with van der Waals surface area (Å²) in [6.07, 6.45) is 0. The van der Waals surface area contributed by atoms with E-state index in [0.717, 1.165) is 0 Å². The molecule has 19 heavy (non-hydrogen) atoms. The Balaban J connectivity index is 3.84. The van der Waals surface area contributed by atoms with Crippen LogP contribution in [0.15, 0.2) is 88.9 Å². The minimum absolute atomic E-state index is 1.74. The average Bonchev–Trinajstić information content (AvgIpc) is 2.43. The van der Waals surface area contributed by atoms with Crippen molar-refractivity contribution >= 4 is 0 Å². The van der Waals surface area contributed by atoms with Crippen LogP contribution in [0.3, 0.4) is 0 Å². The van der Waals surface area contributed by atoms with E-state index in [1.165, 1.54) is 0 Å². The Kier molecular flexibility index (Phi) is 11.6. The van der Waals surface area contributed by atoms with Crippen molar-refractivity contribution in [3.05, 3.63) is 0 Å². The standard InChI is InChI=1S/FHN18/c1-3-5-7-9-11-13-15-17-19-18-16-14-12-10-8-6-4-2/h2H/b4-2?,5-3+,8-6+,9-7+,12-10+,13-11+,16-14+,17-15+,19-18+. The Hall–Kier alpha value is -3.67. The maximum Gasteiger partial charge on any atom is 0.0435 e. The van der Waals surface area contributed by atoms with Crippen molar-refractivity contribution < 1.29 is 4.48 Å². The van der Waals surface area contributed by atoms with E-state index in [9.17, 15) is 4.48 Å². The van der Waals surface area contributed by atoms with Crippen LogP contribution in [0.25, 0.3) is 0 Å². The molecule has 0 fully saturated rings. The van der Waals surface area contributed by atoms with E-state index >= 15 is 0 Å². The van der Waals surface area contributed by atoms with Gasteiger partial charge in [-0.15, -0.1) is 0 Å². The first-order valence-corrected chi connectivity index (χ1v) is 3.59. The molecule has 0 heterocycles. The van der Waals surface area contributed by atoms with E-state index in [1.54, 1.807) is 5.34 Å². The summed E-state index contributed by atoms with van der Waals surface area (Å²) in [5.41, 5.74) is 6.17. The summed E-state index contributed by atoms with van der Waals surface area (Å²) < 4.78 is 11.0. The topological polar surface area (TPSA) is 234 Å². The number of hydrogen-bond acceptors (Lipinski definition) is 2. The molecular weight excluding hydrogens is 271 g/mol. The molecule has 0 aromatic carbocycles. The number of halogens is 1. The lowest BCUT2D eigenvalue weighted by molar-refractivity contribution is 0.474. The molecule has 0 aliphatic rings. The molecule has 98 valence electrons. The largest absolute Gasteiger partial charge is 0.183 e. The Bertz CT molecular complexity index is 438. The maximum atomic E-state index is 11.0. The molecule has 0 radical (unpaired) electrons. The fraction of sp³-hybridized carbons (Fsp3) is 0. The summed E-state index contributed by atoms with van der Waals surface area (Å²) in [4.78, 5) is 0. The molecule has 0 aliphatic heterocycles. The zero-order chi connectivity index (χ0) is 14.0. The fourth-order valence-electron chi connectivity index (χ4n) is 0.268. The van der Waals surface area contributed by atoms with Crippen LogP contribution >= 0.6 is 0 Å². The van der Waals surface area contributed by atoms with Crippen molar-refractivity contribution in [3.63, 3.8) is 0 Å². The third kappa shape index (κ3) is 14.3. The molecule has 1 N–H and O–H groups in total. The molecule has 0 aromatic rings. The van der Waals surface area contributed by atoms with Gasteiger partial charge in [-0.05, 0) is 41.8 Å². The van der Waals surface area contributed by atoms with Crippen LogP contribution < -0.4 is 0 Å². The average molecular weight is 272 g/mol. The van der Waals surface area contributed by atoms with E-state index in [4.69, 9.17) is 5.53 Å². The SMILES string of the molecule is N=N/N=N/N=N/N=N/N=N/N=N/N=N/N=N/N=N/F. The van der Waals surface area contributed by atoms with Crippen molar-refractivity contribution in [1.29, 1.82) is 5.53 Å². The molecule has 0 spiro atoms. The van der Waals surface area contributed by atoms with Gasteiger partial charge >= 0.3 is 0 Å². The third-order valence-electron chi connectivity index (χ3n) is 0.639. The minimum atomic E-state index is 1.74. The molecule has 0 amide bonds. The molecule has 0 bridgehead atoms. The van der Waals surface area contributed by atoms with Crippen LogP contribution in [-0.4, -0.2) is 0 Å². The highest BCUT2D eigenvalue weighted by atomic mass is 19.2. The second kappa shape index (κ2) is 14.3. The van der Waals surface area contributed by atoms with Crippen LogP contribution in [0.2, 0.25) is 0 Å². The lowest BCUT2D eigenvalue weighted by atomic mass is 12.3. The molecule has 0 atom stereocenters. The molecule has 0 saturated carbocycles. The van der Waals surface area contributed by atoms with Gasteiger partial charge in [0.25, 0.3) is 0 Å². The van der Waals surface area contributed by atoms with Gasteiger partial charge < -0.3 is 0 Å². The monoisotopic (exact) mass is 272 g/mol. The first kappa shape index (κ1) is 15.3. The predicted octanol–water partition coefficient (Wildman–Crippen LogP) is 3.84. The lowest BCUT2D eigenvalue weighted by Gasteiger charge is -1.69. The van der Waals surface area contributed by atoms with Crippen LogP contribution in [0.4, 0.5) is 4.48 Å². The van der Waals surface area contributed by atoms with E-state index in [2.05, 4.69) is 83.6 Å². The quantitative estimate of drug-likeness (QED) is 0.489. The van der Waals surface area contributed by atoms with Gasteiger partial charge in [0.15, 0.2) is 0 Å². The Labute approximate surface area is 100 Å². The summed E-state index contributed by atoms with van der Waals surface area (Å²) in [6, 6.07) is 0. The number of nitrogens with zero attached hydrogens (tertiary/aromatic N) is 17. The Morgan fingerprint density at radius 1 is 0.421 bits per heavy atom. The highest BCUT2D eigenvalue weighted by molar-refractivity contribution is 4.12. The predicted molar refractivity (Wildman–Crippen MR) is 45.1 cm³/mol. The first-order valence-electron chi connectivity index (χ1n) is 3.59. The maximum absolute atomic E-state index is 11.0. The molecule has 18 nitrogen and oxygen atoms in total. The van der Waals surface area contributed by atoms with Crippen LogP contribution in [0.5, 0.6) is 0 Å². The zero-order valence-corrected chi connectivity index (χ0v) is 8.48. The van der Waals surface area contributed by atoms with E-state index in [1.807, 2.05) is 0 Å². The van der Waals surface area contributed by atoms with Gasteiger partial charge in [-0.25, -0.2) is 0 Å². The summed E-state index contributed by atoms with van der Waals surface area (Å²) in [5.74, 6) is 0. The highest BCUT2D eigenvalue weighted by Gasteiger charge is 1.70. The minimum Gasteiger partial charge on any atom is -0.183 e. The van der Waals surface area contributed by atoms with Gasteiger partial charge in [-0.3, -0.25) is 0 Å². The second-order valence-electron chi connectivity index (χ2n) is 1.52. The van der Waals surface area contributed by atoms with Gasteiger partial charge in [0.05, 0.1) is 0 Å². The third-order valence-corrected chi connectivity index (χ3v) is 0.639. The van der Waals surface area contributed by atoms with E-state index in [0.29, 0.717) is 0 Å². The Morgan fingerprint density at radius 2 is 0.684 bits per heavy atom. The summed E-state index contributed by atoms with van der Waals surface area (Å²) in [6.45, 7) is 0. The summed E-state index contributed by atoms with van der Waals surface area (Å²) >= 11 is 0. The van der Waals surface area contributed by atoms with Crippen LogP contribution in [-0.2, 0) is 0 Å². The van der Waals surface area contributed by atoms with Crippen LogP contribution in [0.1, 0.15) is 0 Å². The number of nitrogens with one attached hydrogen (secondary N) is 1. The van der Waals surface area contributed by atoms with Gasteiger partial charge in [0.1, 0.15) is 0 Å². The van der Waals surface area contributed by atoms with Crippen molar-refractivity contribution in [3.8, 4) is 0 Å². The molecule has 0 unspecified atom stereocenters. The molecule has 0 aromatic heterocycles. The highest BCUT2D eigenvalue weighted by Crippen LogP contribution is 1.88. The lowest BCUT2D eigenvalue weighted by Crippen LogP contribution is -1.50. The van der Waals surface area contributed by atoms with Gasteiger partial charge in [-0.2, -0.15) is 5.53 Å². The fourth-order valence-corrected chi connectivity index (χ4v) is 0.268. The van der Waals surface area contributed by atoms with Crippen molar-refractivity contribution in [1.82, 2.24) is 0 Å². The Morgan fingerprint density at radius 3 is 0.947 bits per heavy atom. The summed E-state index contributed by atoms with van der Waals surface area (Å²) in [7, 11) is 0. The van der Waals surface area contributed by atoms with Crippen molar-refractivity contribution in [2.24, 2.45) is 88.9 Å². The van der Waals surface area contributed by atoms with Crippen molar-refractivity contribution in [2.75, 3.05) is 0 Å². The van der Waals surface area contributed by atoms with Crippen LogP contribution in [0, 0.1) is 5.53 Å². The summed E-state index contributed by atoms with van der Waals surface area (Å²) in [5, 5.41) is 46.9. The van der Waals surface area contributed by atoms with Gasteiger partial charge in [-0.1, -0.05) is 4.48 Å². The van der Waals surface area contributed by atoms with Crippen molar-refractivity contribution in [2.45, 2.75) is 0 Å². The molecule has 19 heteroatoms. The normalized spacial score (nSPS) is 14.2. The smallest absolute Gasteiger partial charge is 0.0435 e. The number of rotatable bonds is 8. The molecule has 0 aliphatic carbocycles. The van der Waals surface area contributed by atoms with Gasteiger partial charge in [0.2, 0.25) is 0 Å². The molecule has 0 saturated heterocycles. The first-order chi connectivity index (χ1) is 9.41. The number of hydrogen-bond donors (Lipinski definition) is 1. The van der Waals surface area contributed by atoms with Gasteiger partial charge in [0, 0.05) is 47.1 Å². The molecule has 0 rings (SSSR count). The zero-order valence-electron chi connectivity index (χ0n) is 8.48.